The molecule has 0 bridgehead atoms. The number of benzene rings is 1. The number of carbonyl (C=O) groups excluding carboxylic acids is 1. The van der Waals surface area contributed by atoms with Gasteiger partial charge in [0.1, 0.15) is 5.82 Å². The molecule has 0 saturated carbocycles. The first-order chi connectivity index (χ1) is 12.4. The third-order valence-corrected chi connectivity index (χ3v) is 4.32. The molecule has 0 saturated heterocycles. The van der Waals surface area contributed by atoms with Crippen molar-refractivity contribution in [3.05, 3.63) is 70.5 Å². The van der Waals surface area contributed by atoms with Crippen molar-refractivity contribution >= 4 is 34.4 Å². The summed E-state index contributed by atoms with van der Waals surface area (Å²) in [5.41, 5.74) is 0.323. The third kappa shape index (κ3) is 4.82. The number of nitrogens with one attached hydrogen (secondary N) is 2. The SMILES string of the molecule is O=C(Cc1cccs1)Nc1ccc(Nc2ccc(C(F)(F)F)cc2)nc1. The van der Waals surface area contributed by atoms with Crippen LogP contribution >= 0.6 is 11.3 Å². The Kier molecular flexibility index (Phi) is 5.22. The maximum atomic E-state index is 12.5. The maximum absolute atomic E-state index is 12.5. The van der Waals surface area contributed by atoms with Crippen LogP contribution in [0.1, 0.15) is 10.4 Å². The van der Waals surface area contributed by atoms with Gasteiger partial charge in [-0.2, -0.15) is 13.2 Å². The van der Waals surface area contributed by atoms with Gasteiger partial charge < -0.3 is 10.6 Å². The first-order valence-corrected chi connectivity index (χ1v) is 8.51. The average molecular weight is 377 g/mol. The molecule has 3 rings (SSSR count). The van der Waals surface area contributed by atoms with Crippen LogP contribution in [0.5, 0.6) is 0 Å². The lowest BCUT2D eigenvalue weighted by Crippen LogP contribution is -2.13. The summed E-state index contributed by atoms with van der Waals surface area (Å²) in [6, 6.07) is 11.8. The molecule has 0 atom stereocenters. The molecular formula is C18H14F3N3OS. The second kappa shape index (κ2) is 7.57. The second-order valence-corrected chi connectivity index (χ2v) is 6.47. The monoisotopic (exact) mass is 377 g/mol. The van der Waals surface area contributed by atoms with Crippen LogP contribution in [0.4, 0.5) is 30.4 Å². The van der Waals surface area contributed by atoms with E-state index >= 15 is 0 Å². The lowest BCUT2D eigenvalue weighted by Gasteiger charge is -2.10. The van der Waals surface area contributed by atoms with Gasteiger partial charge in [0, 0.05) is 10.6 Å². The van der Waals surface area contributed by atoms with Crippen LogP contribution in [-0.2, 0) is 17.4 Å². The van der Waals surface area contributed by atoms with Gasteiger partial charge in [0.05, 0.1) is 23.9 Å². The van der Waals surface area contributed by atoms with Gasteiger partial charge >= 0.3 is 6.18 Å². The van der Waals surface area contributed by atoms with E-state index in [2.05, 4.69) is 15.6 Å². The Morgan fingerprint density at radius 2 is 1.77 bits per heavy atom. The number of aromatic nitrogens is 1. The van der Waals surface area contributed by atoms with Crippen molar-refractivity contribution in [3.63, 3.8) is 0 Å². The molecule has 4 nitrogen and oxygen atoms in total. The Labute approximate surface area is 151 Å². The van der Waals surface area contributed by atoms with Crippen molar-refractivity contribution in [2.24, 2.45) is 0 Å². The van der Waals surface area contributed by atoms with Crippen molar-refractivity contribution in [1.29, 1.82) is 0 Å². The zero-order valence-corrected chi connectivity index (χ0v) is 14.2. The summed E-state index contributed by atoms with van der Waals surface area (Å²) in [6.45, 7) is 0. The molecule has 0 radical (unpaired) electrons. The molecule has 1 amide bonds. The smallest absolute Gasteiger partial charge is 0.340 e. The van der Waals surface area contributed by atoms with Gasteiger partial charge in [0.25, 0.3) is 0 Å². The number of thiophene rings is 1. The predicted octanol–water partition coefficient (Wildman–Crippen LogP) is 5.09. The summed E-state index contributed by atoms with van der Waals surface area (Å²) in [4.78, 5) is 17.0. The molecule has 0 unspecified atom stereocenters. The summed E-state index contributed by atoms with van der Waals surface area (Å²) in [7, 11) is 0. The molecule has 1 aromatic carbocycles. The van der Waals surface area contributed by atoms with E-state index < -0.39 is 11.7 Å². The number of hydrogen-bond donors (Lipinski definition) is 2. The molecule has 0 aliphatic rings. The van der Waals surface area contributed by atoms with Crippen molar-refractivity contribution in [2.45, 2.75) is 12.6 Å². The van der Waals surface area contributed by atoms with E-state index in [1.165, 1.54) is 29.7 Å². The number of halogens is 3. The molecule has 134 valence electrons. The van der Waals surface area contributed by atoms with Crippen LogP contribution in [0.15, 0.2) is 60.1 Å². The Bertz CT molecular complexity index is 860. The molecule has 2 N–H and O–H groups in total. The molecule has 0 spiro atoms. The zero-order chi connectivity index (χ0) is 18.6. The Balaban J connectivity index is 1.58. The van der Waals surface area contributed by atoms with Gasteiger partial charge in [0.15, 0.2) is 0 Å². The molecule has 2 aromatic heterocycles. The van der Waals surface area contributed by atoms with Crippen LogP contribution in [0, 0.1) is 0 Å². The van der Waals surface area contributed by atoms with Crippen molar-refractivity contribution in [3.8, 4) is 0 Å². The van der Waals surface area contributed by atoms with Crippen molar-refractivity contribution < 1.29 is 18.0 Å². The molecule has 8 heteroatoms. The van der Waals surface area contributed by atoms with Crippen LogP contribution in [0.25, 0.3) is 0 Å². The van der Waals surface area contributed by atoms with Gasteiger partial charge in [-0.25, -0.2) is 4.98 Å². The lowest BCUT2D eigenvalue weighted by molar-refractivity contribution is -0.137. The average Bonchev–Trinajstić information content (AvgIpc) is 3.09. The Hall–Kier alpha value is -2.87. The van der Waals surface area contributed by atoms with Crippen LogP contribution in [0.2, 0.25) is 0 Å². The lowest BCUT2D eigenvalue weighted by atomic mass is 10.2. The van der Waals surface area contributed by atoms with Crippen LogP contribution in [0.3, 0.4) is 0 Å². The molecule has 26 heavy (non-hydrogen) atoms. The summed E-state index contributed by atoms with van der Waals surface area (Å²) in [5.74, 6) is 0.318. The standard InChI is InChI=1S/C18H14F3N3OS/c19-18(20,21)12-3-5-13(6-4-12)23-16-8-7-14(11-22-16)24-17(25)10-15-2-1-9-26-15/h1-9,11H,10H2,(H,22,23)(H,24,25). The molecule has 2 heterocycles. The molecular weight excluding hydrogens is 363 g/mol. The number of rotatable bonds is 5. The number of hydrogen-bond acceptors (Lipinski definition) is 4. The van der Waals surface area contributed by atoms with Gasteiger partial charge in [-0.3, -0.25) is 4.79 Å². The van der Waals surface area contributed by atoms with Crippen LogP contribution < -0.4 is 10.6 Å². The fourth-order valence-corrected chi connectivity index (χ4v) is 2.91. The Morgan fingerprint density at radius 3 is 2.35 bits per heavy atom. The third-order valence-electron chi connectivity index (χ3n) is 3.45. The fourth-order valence-electron chi connectivity index (χ4n) is 2.21. The topological polar surface area (TPSA) is 54.0 Å². The van der Waals surface area contributed by atoms with Gasteiger partial charge in [-0.05, 0) is 47.8 Å². The minimum absolute atomic E-state index is 0.141. The quantitative estimate of drug-likeness (QED) is 0.651. The molecule has 0 aliphatic carbocycles. The summed E-state index contributed by atoms with van der Waals surface area (Å²) < 4.78 is 37.6. The highest BCUT2D eigenvalue weighted by atomic mass is 32.1. The summed E-state index contributed by atoms with van der Waals surface area (Å²) >= 11 is 1.51. The first kappa shape index (κ1) is 17.9. The normalized spacial score (nSPS) is 11.2. The van der Waals surface area contributed by atoms with Crippen molar-refractivity contribution in [2.75, 3.05) is 10.6 Å². The largest absolute Gasteiger partial charge is 0.416 e. The Morgan fingerprint density at radius 1 is 1.04 bits per heavy atom. The molecule has 0 fully saturated rings. The zero-order valence-electron chi connectivity index (χ0n) is 13.4. The van der Waals surface area contributed by atoms with E-state index in [1.54, 1.807) is 12.1 Å². The van der Waals surface area contributed by atoms with E-state index in [4.69, 9.17) is 0 Å². The minimum atomic E-state index is -4.36. The number of carbonyl (C=O) groups is 1. The van der Waals surface area contributed by atoms with E-state index in [-0.39, 0.29) is 5.91 Å². The van der Waals surface area contributed by atoms with E-state index in [9.17, 15) is 18.0 Å². The fraction of sp³-hybridized carbons (Fsp3) is 0.111. The van der Waals surface area contributed by atoms with Crippen LogP contribution in [-0.4, -0.2) is 10.9 Å². The highest BCUT2D eigenvalue weighted by Crippen LogP contribution is 2.30. The van der Waals surface area contributed by atoms with Gasteiger partial charge in [0.2, 0.25) is 5.91 Å². The number of anilines is 3. The summed E-state index contributed by atoms with van der Waals surface area (Å²) in [6.07, 6.45) is -2.58. The number of alkyl halides is 3. The highest BCUT2D eigenvalue weighted by molar-refractivity contribution is 7.10. The minimum Gasteiger partial charge on any atom is -0.340 e. The van der Waals surface area contributed by atoms with E-state index in [0.717, 1.165) is 17.0 Å². The maximum Gasteiger partial charge on any atom is 0.416 e. The number of pyridine rings is 1. The number of amides is 1. The first-order valence-electron chi connectivity index (χ1n) is 7.63. The predicted molar refractivity (Wildman–Crippen MR) is 95.6 cm³/mol. The van der Waals surface area contributed by atoms with Gasteiger partial charge in [-0.1, -0.05) is 6.07 Å². The van der Waals surface area contributed by atoms with Gasteiger partial charge in [-0.15, -0.1) is 11.3 Å². The second-order valence-electron chi connectivity index (χ2n) is 5.44. The number of nitrogens with zero attached hydrogens (tertiary/aromatic N) is 1. The molecule has 3 aromatic rings. The highest BCUT2D eigenvalue weighted by Gasteiger charge is 2.29. The van der Waals surface area contributed by atoms with E-state index in [0.29, 0.717) is 23.6 Å². The summed E-state index contributed by atoms with van der Waals surface area (Å²) in [5, 5.41) is 7.57. The van der Waals surface area contributed by atoms with E-state index in [1.807, 2.05) is 17.5 Å². The molecule has 0 aliphatic heterocycles. The van der Waals surface area contributed by atoms with Crippen molar-refractivity contribution in [1.82, 2.24) is 4.98 Å².